The van der Waals surface area contributed by atoms with Crippen LogP contribution in [0.15, 0.2) is 12.3 Å². The van der Waals surface area contributed by atoms with Gasteiger partial charge in [-0.05, 0) is 25.5 Å². The number of nitrogens with zero attached hydrogens (tertiary/aromatic N) is 3. The molecular formula is C10H15N3O2. The fraction of sp³-hybridized carbons (Fsp3) is 0.600. The Kier molecular flexibility index (Phi) is 2.73. The van der Waals surface area contributed by atoms with E-state index in [1.165, 1.54) is 0 Å². The van der Waals surface area contributed by atoms with E-state index in [9.17, 15) is 4.79 Å². The smallest absolute Gasteiger partial charge is 0.320 e. The van der Waals surface area contributed by atoms with Gasteiger partial charge in [-0.25, -0.2) is 0 Å². The number of carboxylic acids is 1. The van der Waals surface area contributed by atoms with Crippen molar-refractivity contribution in [2.75, 3.05) is 6.54 Å². The van der Waals surface area contributed by atoms with Gasteiger partial charge in [-0.2, -0.15) is 5.10 Å². The molecule has 0 saturated carbocycles. The highest BCUT2D eigenvalue weighted by atomic mass is 16.4. The van der Waals surface area contributed by atoms with Crippen LogP contribution in [0.25, 0.3) is 0 Å². The lowest BCUT2D eigenvalue weighted by Gasteiger charge is -2.19. The molecule has 1 N–H and O–H groups in total. The van der Waals surface area contributed by atoms with Gasteiger partial charge in [0.25, 0.3) is 0 Å². The van der Waals surface area contributed by atoms with Gasteiger partial charge in [0.05, 0.1) is 5.69 Å². The van der Waals surface area contributed by atoms with E-state index in [4.69, 9.17) is 5.11 Å². The Hall–Kier alpha value is -1.36. The predicted octanol–water partition coefficient (Wildman–Crippen LogP) is 0.469. The molecule has 1 fully saturated rings. The zero-order valence-corrected chi connectivity index (χ0v) is 8.76. The van der Waals surface area contributed by atoms with Crippen LogP contribution >= 0.6 is 0 Å². The zero-order chi connectivity index (χ0) is 10.8. The van der Waals surface area contributed by atoms with Crippen molar-refractivity contribution >= 4 is 5.97 Å². The summed E-state index contributed by atoms with van der Waals surface area (Å²) in [4.78, 5) is 12.9. The Morgan fingerprint density at radius 2 is 2.53 bits per heavy atom. The first kappa shape index (κ1) is 10.2. The maximum Gasteiger partial charge on any atom is 0.320 e. The molecule has 0 aliphatic carbocycles. The SMILES string of the molecule is Cn1ccc(CN2CCCC2C(=O)O)n1. The lowest BCUT2D eigenvalue weighted by molar-refractivity contribution is -0.142. The molecule has 1 aliphatic heterocycles. The van der Waals surface area contributed by atoms with Crippen LogP contribution in [0, 0.1) is 0 Å². The molecule has 0 radical (unpaired) electrons. The molecule has 1 atom stereocenters. The van der Waals surface area contributed by atoms with Crippen LogP contribution < -0.4 is 0 Å². The number of rotatable bonds is 3. The number of likely N-dealkylation sites (tertiary alicyclic amines) is 1. The molecule has 1 aromatic heterocycles. The quantitative estimate of drug-likeness (QED) is 0.786. The van der Waals surface area contributed by atoms with Crippen molar-refractivity contribution in [3.63, 3.8) is 0 Å². The molecule has 0 aromatic carbocycles. The second kappa shape index (κ2) is 4.02. The predicted molar refractivity (Wildman–Crippen MR) is 54.3 cm³/mol. The van der Waals surface area contributed by atoms with Crippen LogP contribution in [0.4, 0.5) is 0 Å². The lowest BCUT2D eigenvalue weighted by Crippen LogP contribution is -2.35. The van der Waals surface area contributed by atoms with E-state index < -0.39 is 5.97 Å². The van der Waals surface area contributed by atoms with Gasteiger partial charge in [-0.15, -0.1) is 0 Å². The molecule has 1 aliphatic rings. The van der Waals surface area contributed by atoms with Crippen molar-refractivity contribution < 1.29 is 9.90 Å². The van der Waals surface area contributed by atoms with Crippen LogP contribution in [0.5, 0.6) is 0 Å². The third-order valence-electron chi connectivity index (χ3n) is 2.78. The molecule has 0 amide bonds. The fourth-order valence-corrected chi connectivity index (χ4v) is 2.05. The molecule has 1 unspecified atom stereocenters. The topological polar surface area (TPSA) is 58.4 Å². The van der Waals surface area contributed by atoms with Gasteiger partial charge in [0.15, 0.2) is 0 Å². The number of carbonyl (C=O) groups is 1. The summed E-state index contributed by atoms with van der Waals surface area (Å²) < 4.78 is 1.74. The van der Waals surface area contributed by atoms with Crippen molar-refractivity contribution in [2.45, 2.75) is 25.4 Å². The number of hydrogen-bond donors (Lipinski definition) is 1. The Labute approximate surface area is 88.3 Å². The van der Waals surface area contributed by atoms with Crippen LogP contribution in [-0.2, 0) is 18.4 Å². The Morgan fingerprint density at radius 3 is 3.13 bits per heavy atom. The third-order valence-corrected chi connectivity index (χ3v) is 2.78. The summed E-state index contributed by atoms with van der Waals surface area (Å²) in [6.45, 7) is 1.49. The molecule has 2 heterocycles. The van der Waals surface area contributed by atoms with E-state index in [2.05, 4.69) is 5.10 Å². The Balaban J connectivity index is 2.02. The number of carboxylic acid groups (broad SMARTS) is 1. The van der Waals surface area contributed by atoms with Gasteiger partial charge in [-0.1, -0.05) is 0 Å². The first-order valence-electron chi connectivity index (χ1n) is 5.12. The Bertz CT molecular complexity index is 361. The van der Waals surface area contributed by atoms with Crippen molar-refractivity contribution in [2.24, 2.45) is 7.05 Å². The van der Waals surface area contributed by atoms with Gasteiger partial charge in [0.1, 0.15) is 6.04 Å². The lowest BCUT2D eigenvalue weighted by atomic mass is 10.2. The molecule has 82 valence electrons. The molecule has 1 aromatic rings. The molecule has 5 nitrogen and oxygen atoms in total. The van der Waals surface area contributed by atoms with E-state index in [1.54, 1.807) is 4.68 Å². The first-order chi connectivity index (χ1) is 7.16. The average Bonchev–Trinajstić information content (AvgIpc) is 2.75. The number of aromatic nitrogens is 2. The Morgan fingerprint density at radius 1 is 1.73 bits per heavy atom. The summed E-state index contributed by atoms with van der Waals surface area (Å²) in [5.74, 6) is -0.719. The van der Waals surface area contributed by atoms with Crippen molar-refractivity contribution in [3.05, 3.63) is 18.0 Å². The zero-order valence-electron chi connectivity index (χ0n) is 8.76. The highest BCUT2D eigenvalue weighted by Crippen LogP contribution is 2.19. The molecule has 1 saturated heterocycles. The van der Waals surface area contributed by atoms with Gasteiger partial charge in [0.2, 0.25) is 0 Å². The second-order valence-electron chi connectivity index (χ2n) is 3.95. The van der Waals surface area contributed by atoms with Gasteiger partial charge in [0, 0.05) is 19.8 Å². The van der Waals surface area contributed by atoms with Crippen molar-refractivity contribution in [1.82, 2.24) is 14.7 Å². The van der Waals surface area contributed by atoms with Crippen LogP contribution in [0.1, 0.15) is 18.5 Å². The average molecular weight is 209 g/mol. The number of aryl methyl sites for hydroxylation is 1. The molecule has 5 heteroatoms. The summed E-state index contributed by atoms with van der Waals surface area (Å²) in [7, 11) is 1.86. The summed E-state index contributed by atoms with van der Waals surface area (Å²) >= 11 is 0. The van der Waals surface area contributed by atoms with Crippen LogP contribution in [0.3, 0.4) is 0 Å². The number of aliphatic carboxylic acids is 1. The van der Waals surface area contributed by atoms with E-state index in [0.717, 1.165) is 25.1 Å². The van der Waals surface area contributed by atoms with Crippen molar-refractivity contribution in [3.8, 4) is 0 Å². The minimum absolute atomic E-state index is 0.327. The third kappa shape index (κ3) is 2.18. The minimum atomic E-state index is -0.719. The largest absolute Gasteiger partial charge is 0.480 e. The second-order valence-corrected chi connectivity index (χ2v) is 3.95. The monoisotopic (exact) mass is 209 g/mol. The summed E-state index contributed by atoms with van der Waals surface area (Å²) in [6.07, 6.45) is 3.59. The standard InChI is InChI=1S/C10H15N3O2/c1-12-6-4-8(11-12)7-13-5-2-3-9(13)10(14)15/h4,6,9H,2-3,5,7H2,1H3,(H,14,15). The van der Waals surface area contributed by atoms with E-state index in [1.807, 2.05) is 24.2 Å². The first-order valence-corrected chi connectivity index (χ1v) is 5.12. The normalized spacial score (nSPS) is 22.1. The van der Waals surface area contributed by atoms with Crippen LogP contribution in [-0.4, -0.2) is 38.3 Å². The molecule has 15 heavy (non-hydrogen) atoms. The highest BCUT2D eigenvalue weighted by molar-refractivity contribution is 5.73. The molecule has 0 spiro atoms. The van der Waals surface area contributed by atoms with Crippen molar-refractivity contribution in [1.29, 1.82) is 0 Å². The van der Waals surface area contributed by atoms with Gasteiger partial charge < -0.3 is 5.11 Å². The van der Waals surface area contributed by atoms with E-state index in [-0.39, 0.29) is 6.04 Å². The van der Waals surface area contributed by atoms with E-state index >= 15 is 0 Å². The maximum absolute atomic E-state index is 10.9. The fourth-order valence-electron chi connectivity index (χ4n) is 2.05. The van der Waals surface area contributed by atoms with Gasteiger partial charge in [-0.3, -0.25) is 14.4 Å². The summed E-state index contributed by atoms with van der Waals surface area (Å²) in [5, 5.41) is 13.2. The molecule has 2 rings (SSSR count). The maximum atomic E-state index is 10.9. The van der Waals surface area contributed by atoms with Gasteiger partial charge >= 0.3 is 5.97 Å². The van der Waals surface area contributed by atoms with E-state index in [0.29, 0.717) is 6.54 Å². The minimum Gasteiger partial charge on any atom is -0.480 e. The molecule has 0 bridgehead atoms. The van der Waals surface area contributed by atoms with Crippen LogP contribution in [0.2, 0.25) is 0 Å². The molecular weight excluding hydrogens is 194 g/mol. The number of hydrogen-bond acceptors (Lipinski definition) is 3. The highest BCUT2D eigenvalue weighted by Gasteiger charge is 2.30. The summed E-state index contributed by atoms with van der Waals surface area (Å²) in [5.41, 5.74) is 0.936. The summed E-state index contributed by atoms with van der Waals surface area (Å²) in [6, 6.07) is 1.60.